The van der Waals surface area contributed by atoms with Crippen LogP contribution < -0.4 is 0 Å². The smallest absolute Gasteiger partial charge is 0.356 e. The summed E-state index contributed by atoms with van der Waals surface area (Å²) in [6.45, 7) is 11.2. The number of likely N-dealkylation sites (tertiary alicyclic amines) is 2. The van der Waals surface area contributed by atoms with Crippen LogP contribution in [0.15, 0.2) is 6.20 Å². The monoisotopic (exact) mass is 445 g/mol. The van der Waals surface area contributed by atoms with Crippen molar-refractivity contribution in [2.75, 3.05) is 52.4 Å². The normalized spacial score (nSPS) is 23.8. The molecule has 4 rings (SSSR count). The number of carbonyl (C=O) groups excluding carboxylic acids is 1. The zero-order valence-electron chi connectivity index (χ0n) is 20.1. The van der Waals surface area contributed by atoms with Gasteiger partial charge in [-0.1, -0.05) is 19.3 Å². The van der Waals surface area contributed by atoms with Crippen molar-refractivity contribution in [3.63, 3.8) is 0 Å². The van der Waals surface area contributed by atoms with Crippen LogP contribution in [-0.2, 0) is 11.3 Å². The fourth-order valence-electron chi connectivity index (χ4n) is 5.97. The first kappa shape index (κ1) is 23.7. The standard InChI is InChI=1S/C25H43N5O2/c1-2-32-25(31)24-22(17-26-27-24)20-29(16-15-28-12-6-3-7-13-28)18-21-9-8-14-30(19-21)23-10-4-5-11-23/h17,21,23H,2-16,18-20H2,1H3,(H,26,27)/t21-/m1/s1. The van der Waals surface area contributed by atoms with Gasteiger partial charge in [-0.05, 0) is 71.0 Å². The van der Waals surface area contributed by atoms with Crippen molar-refractivity contribution in [1.82, 2.24) is 24.9 Å². The molecule has 2 saturated heterocycles. The van der Waals surface area contributed by atoms with E-state index >= 15 is 0 Å². The maximum absolute atomic E-state index is 12.4. The zero-order chi connectivity index (χ0) is 22.2. The van der Waals surface area contributed by atoms with Gasteiger partial charge in [-0.15, -0.1) is 0 Å². The van der Waals surface area contributed by atoms with Gasteiger partial charge < -0.3 is 14.5 Å². The van der Waals surface area contributed by atoms with Gasteiger partial charge in [0.15, 0.2) is 0 Å². The minimum Gasteiger partial charge on any atom is -0.461 e. The number of nitrogens with zero attached hydrogens (tertiary/aromatic N) is 4. The number of H-pyrrole nitrogens is 1. The van der Waals surface area contributed by atoms with Crippen LogP contribution in [0.5, 0.6) is 0 Å². The lowest BCUT2D eigenvalue weighted by molar-refractivity contribution is 0.0515. The number of piperidine rings is 2. The van der Waals surface area contributed by atoms with E-state index in [4.69, 9.17) is 4.74 Å². The Balaban J connectivity index is 1.39. The van der Waals surface area contributed by atoms with E-state index in [0.717, 1.165) is 37.8 Å². The predicted octanol–water partition coefficient (Wildman–Crippen LogP) is 3.53. The summed E-state index contributed by atoms with van der Waals surface area (Å²) in [5.74, 6) is 0.421. The van der Waals surface area contributed by atoms with Gasteiger partial charge in [-0.3, -0.25) is 10.00 Å². The van der Waals surface area contributed by atoms with Crippen molar-refractivity contribution < 1.29 is 9.53 Å². The lowest BCUT2D eigenvalue weighted by Gasteiger charge is -2.39. The van der Waals surface area contributed by atoms with Crippen molar-refractivity contribution in [2.24, 2.45) is 5.92 Å². The molecule has 3 aliphatic rings. The number of hydrogen-bond donors (Lipinski definition) is 1. The molecule has 2 aliphatic heterocycles. The second kappa shape index (κ2) is 12.1. The SMILES string of the molecule is CCOC(=O)c1[nH]ncc1CN(CCN1CCCCC1)C[C@H]1CCCN(C2CCCC2)C1. The lowest BCUT2D eigenvalue weighted by Crippen LogP contribution is -2.46. The minimum atomic E-state index is -0.291. The quantitative estimate of drug-likeness (QED) is 0.556. The van der Waals surface area contributed by atoms with Crippen molar-refractivity contribution in [1.29, 1.82) is 0 Å². The lowest BCUT2D eigenvalue weighted by atomic mass is 9.95. The minimum absolute atomic E-state index is 0.291. The number of rotatable bonds is 10. The summed E-state index contributed by atoms with van der Waals surface area (Å²) in [5.41, 5.74) is 1.48. The summed E-state index contributed by atoms with van der Waals surface area (Å²) in [5, 5.41) is 7.05. The molecule has 1 aromatic heterocycles. The second-order valence-corrected chi connectivity index (χ2v) is 10.1. The molecule has 0 aromatic carbocycles. The van der Waals surface area contributed by atoms with Crippen LogP contribution in [0.4, 0.5) is 0 Å². The molecule has 3 fully saturated rings. The van der Waals surface area contributed by atoms with Crippen LogP contribution in [0.2, 0.25) is 0 Å². The Morgan fingerprint density at radius 2 is 1.94 bits per heavy atom. The highest BCUT2D eigenvalue weighted by atomic mass is 16.5. The van der Waals surface area contributed by atoms with E-state index in [2.05, 4.69) is 24.9 Å². The second-order valence-electron chi connectivity index (χ2n) is 10.1. The van der Waals surface area contributed by atoms with E-state index in [9.17, 15) is 4.79 Å². The predicted molar refractivity (Wildman–Crippen MR) is 127 cm³/mol. The molecule has 1 aromatic rings. The van der Waals surface area contributed by atoms with Gasteiger partial charge in [0, 0.05) is 44.3 Å². The molecule has 180 valence electrons. The van der Waals surface area contributed by atoms with Gasteiger partial charge >= 0.3 is 5.97 Å². The number of aromatic amines is 1. The third kappa shape index (κ3) is 6.55. The molecule has 0 spiro atoms. The summed E-state index contributed by atoms with van der Waals surface area (Å²) in [7, 11) is 0. The third-order valence-electron chi connectivity index (χ3n) is 7.68. The van der Waals surface area contributed by atoms with Gasteiger partial charge in [0.1, 0.15) is 5.69 Å². The molecular weight excluding hydrogens is 402 g/mol. The summed E-state index contributed by atoms with van der Waals surface area (Å²) in [6, 6.07) is 0.823. The molecule has 1 N–H and O–H groups in total. The average molecular weight is 446 g/mol. The molecule has 3 heterocycles. The molecule has 32 heavy (non-hydrogen) atoms. The van der Waals surface area contributed by atoms with Crippen LogP contribution in [0, 0.1) is 5.92 Å². The Labute approximate surface area is 193 Å². The molecule has 1 atom stereocenters. The fraction of sp³-hybridized carbons (Fsp3) is 0.840. The molecule has 0 unspecified atom stereocenters. The maximum atomic E-state index is 12.4. The third-order valence-corrected chi connectivity index (χ3v) is 7.68. The fourth-order valence-corrected chi connectivity index (χ4v) is 5.97. The highest BCUT2D eigenvalue weighted by Crippen LogP contribution is 2.28. The Bertz CT molecular complexity index is 696. The molecular formula is C25H43N5O2. The van der Waals surface area contributed by atoms with E-state index in [1.165, 1.54) is 84.0 Å². The van der Waals surface area contributed by atoms with Crippen molar-refractivity contribution in [3.05, 3.63) is 17.5 Å². The summed E-state index contributed by atoms with van der Waals surface area (Å²) in [6.07, 6.45) is 14.1. The number of carbonyl (C=O) groups is 1. The number of hydrogen-bond acceptors (Lipinski definition) is 6. The Morgan fingerprint density at radius 1 is 1.12 bits per heavy atom. The Hall–Kier alpha value is -1.44. The van der Waals surface area contributed by atoms with Crippen molar-refractivity contribution in [2.45, 2.75) is 77.3 Å². The molecule has 0 amide bonds. The highest BCUT2D eigenvalue weighted by molar-refractivity contribution is 5.88. The van der Waals surface area contributed by atoms with Gasteiger partial charge in [-0.2, -0.15) is 5.10 Å². The molecule has 1 saturated carbocycles. The van der Waals surface area contributed by atoms with Gasteiger partial charge in [0.25, 0.3) is 0 Å². The van der Waals surface area contributed by atoms with E-state index in [-0.39, 0.29) is 5.97 Å². The summed E-state index contributed by atoms with van der Waals surface area (Å²) >= 11 is 0. The van der Waals surface area contributed by atoms with Gasteiger partial charge in [-0.25, -0.2) is 4.79 Å². The van der Waals surface area contributed by atoms with Crippen molar-refractivity contribution >= 4 is 5.97 Å². The average Bonchev–Trinajstić information content (AvgIpc) is 3.51. The molecule has 7 heteroatoms. The highest BCUT2D eigenvalue weighted by Gasteiger charge is 2.29. The molecule has 0 bridgehead atoms. The van der Waals surface area contributed by atoms with Gasteiger partial charge in [0.05, 0.1) is 12.8 Å². The Morgan fingerprint density at radius 3 is 2.72 bits per heavy atom. The van der Waals surface area contributed by atoms with Crippen LogP contribution in [0.25, 0.3) is 0 Å². The number of ether oxygens (including phenoxy) is 1. The van der Waals surface area contributed by atoms with Gasteiger partial charge in [0.2, 0.25) is 0 Å². The first-order chi connectivity index (χ1) is 15.7. The largest absolute Gasteiger partial charge is 0.461 e. The van der Waals surface area contributed by atoms with Crippen LogP contribution in [0.1, 0.15) is 80.8 Å². The molecule has 7 nitrogen and oxygen atoms in total. The van der Waals surface area contributed by atoms with Crippen LogP contribution >= 0.6 is 0 Å². The topological polar surface area (TPSA) is 64.7 Å². The summed E-state index contributed by atoms with van der Waals surface area (Å²) < 4.78 is 5.24. The maximum Gasteiger partial charge on any atom is 0.356 e. The van der Waals surface area contributed by atoms with E-state index in [0.29, 0.717) is 18.2 Å². The van der Waals surface area contributed by atoms with Crippen LogP contribution in [0.3, 0.4) is 0 Å². The number of aromatic nitrogens is 2. The van der Waals surface area contributed by atoms with E-state index in [1.807, 2.05) is 13.1 Å². The first-order valence-electron chi connectivity index (χ1n) is 13.1. The van der Waals surface area contributed by atoms with E-state index < -0.39 is 0 Å². The van der Waals surface area contributed by atoms with Crippen LogP contribution in [-0.4, -0.2) is 89.3 Å². The molecule has 0 radical (unpaired) electrons. The number of nitrogens with one attached hydrogen (secondary N) is 1. The van der Waals surface area contributed by atoms with E-state index in [1.54, 1.807) is 0 Å². The Kier molecular flexibility index (Phi) is 9.00. The first-order valence-corrected chi connectivity index (χ1v) is 13.1. The van der Waals surface area contributed by atoms with Crippen molar-refractivity contribution in [3.8, 4) is 0 Å². The zero-order valence-corrected chi connectivity index (χ0v) is 20.1. The number of esters is 1. The summed E-state index contributed by atoms with van der Waals surface area (Å²) in [4.78, 5) is 20.3. The molecule has 1 aliphatic carbocycles.